The van der Waals surface area contributed by atoms with Crippen LogP contribution in [-0.4, -0.2) is 27.4 Å². The third-order valence-electron chi connectivity index (χ3n) is 0. The average molecular weight is 263 g/mol. The van der Waals surface area contributed by atoms with E-state index in [1.165, 1.54) is 0 Å². The molecule has 6 heteroatoms. The minimum Gasteiger partial charge on any atom is -0.412 e. The largest absolute Gasteiger partial charge is 0.412 e. The zero-order chi connectivity index (χ0) is 0. The summed E-state index contributed by atoms with van der Waals surface area (Å²) in [4.78, 5) is 0. The predicted molar refractivity (Wildman–Crippen MR) is 18.1 cm³/mol. The molecule has 0 aliphatic carbocycles. The summed E-state index contributed by atoms with van der Waals surface area (Å²) in [6.45, 7) is 0. The van der Waals surface area contributed by atoms with Crippen molar-refractivity contribution >= 4 is 0 Å². The van der Waals surface area contributed by atoms with Crippen LogP contribution in [-0.2, 0) is 0 Å². The van der Waals surface area contributed by atoms with Gasteiger partial charge in [-0.2, -0.15) is 0 Å². The average Bonchev–Trinajstić information content (AvgIpc) is 0. The van der Waals surface area contributed by atoms with Gasteiger partial charge in [-0.3, -0.25) is 0 Å². The standard InChI is InChI=1S/5H2O.Yb/h5*1H2;. The van der Waals surface area contributed by atoms with Gasteiger partial charge < -0.3 is 27.4 Å². The predicted octanol–water partition coefficient (Wildman–Crippen LogP) is -4.12. The molecule has 10 N–H and O–H groups in total. The number of hydrogen-bond acceptors (Lipinski definition) is 0. The maximum atomic E-state index is 0. The van der Waals surface area contributed by atoms with Gasteiger partial charge in [0.1, 0.15) is 0 Å². The summed E-state index contributed by atoms with van der Waals surface area (Å²) in [5, 5.41) is 0. The fourth-order valence-electron chi connectivity index (χ4n) is 0. The second kappa shape index (κ2) is 103. The fourth-order valence-corrected chi connectivity index (χ4v) is 0. The molecule has 0 bridgehead atoms. The zero-order valence-corrected chi connectivity index (χ0v) is 4.48. The summed E-state index contributed by atoms with van der Waals surface area (Å²) in [5.74, 6) is 0. The quantitative estimate of drug-likeness (QED) is 0.416. The third-order valence-corrected chi connectivity index (χ3v) is 0. The van der Waals surface area contributed by atoms with Gasteiger partial charge in [0.05, 0.1) is 0 Å². The summed E-state index contributed by atoms with van der Waals surface area (Å²) in [5.41, 5.74) is 0. The van der Waals surface area contributed by atoms with Gasteiger partial charge in [0, 0.05) is 46.9 Å². The number of hydrogen-bond donors (Lipinski definition) is 0. The van der Waals surface area contributed by atoms with Crippen molar-refractivity contribution in [2.24, 2.45) is 0 Å². The van der Waals surface area contributed by atoms with Crippen LogP contribution in [0.4, 0.5) is 0 Å². The minimum absolute atomic E-state index is 0. The van der Waals surface area contributed by atoms with Gasteiger partial charge in [0.25, 0.3) is 0 Å². The summed E-state index contributed by atoms with van der Waals surface area (Å²) >= 11 is 0. The van der Waals surface area contributed by atoms with Crippen LogP contribution in [0.1, 0.15) is 0 Å². The first kappa shape index (κ1) is 168. The number of rotatable bonds is 0. The molecule has 6 heavy (non-hydrogen) atoms. The first-order valence-electron chi connectivity index (χ1n) is 0. The monoisotopic (exact) mass is 264 g/mol. The Hall–Kier alpha value is 1.32. The second-order valence-corrected chi connectivity index (χ2v) is 0. The van der Waals surface area contributed by atoms with Crippen molar-refractivity contribution < 1.29 is 74.3 Å². The molecule has 0 aromatic heterocycles. The Bertz CT molecular complexity index is 3.90. The van der Waals surface area contributed by atoms with Crippen molar-refractivity contribution in [3.63, 3.8) is 0 Å². The van der Waals surface area contributed by atoms with Crippen molar-refractivity contribution in [3.05, 3.63) is 0 Å². The Balaban J connectivity index is 0. The molecule has 0 radical (unpaired) electrons. The van der Waals surface area contributed by atoms with E-state index in [2.05, 4.69) is 0 Å². The topological polar surface area (TPSA) is 158 Å². The van der Waals surface area contributed by atoms with Crippen LogP contribution in [0.25, 0.3) is 0 Å². The molecule has 0 rings (SSSR count). The molecule has 0 aliphatic rings. The Morgan fingerprint density at radius 1 is 0.333 bits per heavy atom. The maximum absolute atomic E-state index is 0. The first-order chi connectivity index (χ1) is 0. The van der Waals surface area contributed by atoms with Crippen molar-refractivity contribution in [2.75, 3.05) is 0 Å². The van der Waals surface area contributed by atoms with E-state index in [0.717, 1.165) is 0 Å². The van der Waals surface area contributed by atoms with E-state index >= 15 is 0 Å². The summed E-state index contributed by atoms with van der Waals surface area (Å²) < 4.78 is 0. The summed E-state index contributed by atoms with van der Waals surface area (Å²) in [6, 6.07) is 0. The zero-order valence-electron chi connectivity index (χ0n) is 2.77. The van der Waals surface area contributed by atoms with Gasteiger partial charge in [-0.25, -0.2) is 0 Å². The van der Waals surface area contributed by atoms with Crippen LogP contribution >= 0.6 is 0 Å². The Labute approximate surface area is 73.5 Å². The molecule has 0 aliphatic heterocycles. The van der Waals surface area contributed by atoms with Gasteiger partial charge in [0.15, 0.2) is 0 Å². The molecule has 5 nitrogen and oxygen atoms in total. The molecule has 0 atom stereocenters. The Morgan fingerprint density at radius 2 is 0.333 bits per heavy atom. The minimum atomic E-state index is 0. The van der Waals surface area contributed by atoms with E-state index in [1.54, 1.807) is 0 Å². The van der Waals surface area contributed by atoms with Crippen molar-refractivity contribution in [1.82, 2.24) is 0 Å². The first-order valence-corrected chi connectivity index (χ1v) is 0. The second-order valence-electron chi connectivity index (χ2n) is 0. The van der Waals surface area contributed by atoms with E-state index in [4.69, 9.17) is 0 Å². The van der Waals surface area contributed by atoms with Gasteiger partial charge in [-0.15, -0.1) is 0 Å². The molecular formula is H10O5Yb. The third kappa shape index (κ3) is 57.0. The van der Waals surface area contributed by atoms with E-state index in [9.17, 15) is 0 Å². The summed E-state index contributed by atoms with van der Waals surface area (Å²) in [7, 11) is 0. The maximum Gasteiger partial charge on any atom is 0 e. The van der Waals surface area contributed by atoms with Crippen LogP contribution < -0.4 is 0 Å². The van der Waals surface area contributed by atoms with E-state index in [1.807, 2.05) is 0 Å². The summed E-state index contributed by atoms with van der Waals surface area (Å²) in [6.07, 6.45) is 0. The molecule has 0 heterocycles. The van der Waals surface area contributed by atoms with Gasteiger partial charge in [-0.05, 0) is 0 Å². The Morgan fingerprint density at radius 3 is 0.333 bits per heavy atom. The van der Waals surface area contributed by atoms with Gasteiger partial charge in [-0.1, -0.05) is 0 Å². The van der Waals surface area contributed by atoms with E-state index in [0.29, 0.717) is 0 Å². The molecule has 0 unspecified atom stereocenters. The van der Waals surface area contributed by atoms with Gasteiger partial charge >= 0.3 is 0 Å². The molecule has 0 amide bonds. The molecule has 0 saturated heterocycles. The molecule has 54 valence electrons. The van der Waals surface area contributed by atoms with Gasteiger partial charge in [0.2, 0.25) is 0 Å². The van der Waals surface area contributed by atoms with Crippen LogP contribution in [0.3, 0.4) is 0 Å². The van der Waals surface area contributed by atoms with Crippen LogP contribution in [0.5, 0.6) is 0 Å². The van der Waals surface area contributed by atoms with Crippen molar-refractivity contribution in [3.8, 4) is 0 Å². The van der Waals surface area contributed by atoms with Crippen molar-refractivity contribution in [2.45, 2.75) is 0 Å². The van der Waals surface area contributed by atoms with Crippen LogP contribution in [0, 0.1) is 46.9 Å². The molecule has 0 aromatic rings. The van der Waals surface area contributed by atoms with E-state index in [-0.39, 0.29) is 74.3 Å². The molecular weight excluding hydrogens is 253 g/mol. The normalized spacial score (nSPS) is 0. The molecule has 0 fully saturated rings. The van der Waals surface area contributed by atoms with E-state index < -0.39 is 0 Å². The van der Waals surface area contributed by atoms with Crippen molar-refractivity contribution in [1.29, 1.82) is 0 Å². The Kier molecular flexibility index (Phi) is 2870. The van der Waals surface area contributed by atoms with Crippen LogP contribution in [0.15, 0.2) is 0 Å². The fraction of sp³-hybridized carbons (Fsp3) is 0. The van der Waals surface area contributed by atoms with Crippen LogP contribution in [0.2, 0.25) is 0 Å². The SMILES string of the molecule is O.O.O.O.O.[Yb]. The smallest absolute Gasteiger partial charge is 0 e. The molecule has 0 spiro atoms. The molecule has 0 aromatic carbocycles. The molecule has 0 saturated carbocycles.